The molecule has 1 aromatic carbocycles. The van der Waals surface area contributed by atoms with Crippen LogP contribution in [0.5, 0.6) is 0 Å². The molecule has 1 aromatic heterocycles. The largest absolute Gasteiger partial charge is 0.435 e. The lowest BCUT2D eigenvalue weighted by molar-refractivity contribution is -0.141. The summed E-state index contributed by atoms with van der Waals surface area (Å²) in [4.78, 5) is 26.9. The van der Waals surface area contributed by atoms with Gasteiger partial charge in [-0.2, -0.15) is 18.3 Å². The van der Waals surface area contributed by atoms with Gasteiger partial charge >= 0.3 is 6.18 Å². The number of fused-ring (bicyclic) bond motifs is 1. The highest BCUT2D eigenvalue weighted by atomic mass is 19.4. The average molecular weight is 509 g/mol. The van der Waals surface area contributed by atoms with Crippen LogP contribution in [0, 0.1) is 5.41 Å². The maximum absolute atomic E-state index is 13.9. The highest BCUT2D eigenvalue weighted by Gasteiger charge is 2.45. The van der Waals surface area contributed by atoms with Crippen molar-refractivity contribution >= 4 is 17.4 Å². The van der Waals surface area contributed by atoms with Crippen LogP contribution in [-0.2, 0) is 12.6 Å². The van der Waals surface area contributed by atoms with Crippen molar-refractivity contribution in [2.45, 2.75) is 70.7 Å². The van der Waals surface area contributed by atoms with E-state index in [1.807, 2.05) is 18.7 Å². The highest BCUT2D eigenvalue weighted by Crippen LogP contribution is 2.42. The second-order valence-electron chi connectivity index (χ2n) is 10.5. The smallest absolute Gasteiger partial charge is 0.395 e. The molecule has 1 amide bonds. The van der Waals surface area contributed by atoms with Gasteiger partial charge in [0.25, 0.3) is 5.91 Å². The van der Waals surface area contributed by atoms with Gasteiger partial charge in [0, 0.05) is 19.0 Å². The van der Waals surface area contributed by atoms with E-state index in [4.69, 9.17) is 5.73 Å². The number of hydrogen-bond donors (Lipinski definition) is 3. The van der Waals surface area contributed by atoms with Crippen LogP contribution in [0.1, 0.15) is 78.1 Å². The number of nitrogens with zero attached hydrogens (tertiary/aromatic N) is 3. The Morgan fingerprint density at radius 2 is 1.89 bits per heavy atom. The first kappa shape index (κ1) is 26.2. The first-order valence-corrected chi connectivity index (χ1v) is 12.0. The number of aromatic nitrogens is 2. The van der Waals surface area contributed by atoms with E-state index in [0.29, 0.717) is 31.4 Å². The molecular weight excluding hydrogens is 477 g/mol. The molecule has 0 spiro atoms. The number of aliphatic hydroxyl groups is 2. The molecule has 4 N–H and O–H groups in total. The van der Waals surface area contributed by atoms with Crippen LogP contribution in [0.4, 0.5) is 18.9 Å². The predicted octanol–water partition coefficient (Wildman–Crippen LogP) is 3.25. The first-order valence-electron chi connectivity index (χ1n) is 12.0. The van der Waals surface area contributed by atoms with Crippen molar-refractivity contribution in [3.8, 4) is 5.69 Å². The van der Waals surface area contributed by atoms with E-state index in [9.17, 15) is 33.0 Å². The number of hydrogen-bond acceptors (Lipinski definition) is 6. The number of amides is 1. The number of nitrogens with two attached hydrogens (primary N) is 1. The SMILES string of the molecule is CC1(C)CC(=O)c2c(C(F)(F)F)nn(-c3ccc(C(N)=O)c(N(CCO)[C@H]4CC[C@H](O)CC4)c3)c2C1. The molecule has 4 rings (SSSR count). The molecule has 196 valence electrons. The second-order valence-corrected chi connectivity index (χ2v) is 10.5. The number of anilines is 1. The van der Waals surface area contributed by atoms with Gasteiger partial charge < -0.3 is 20.8 Å². The summed E-state index contributed by atoms with van der Waals surface area (Å²) < 4.78 is 42.8. The molecule has 36 heavy (non-hydrogen) atoms. The molecule has 1 fully saturated rings. The third-order valence-electron chi connectivity index (χ3n) is 7.06. The molecule has 0 saturated heterocycles. The van der Waals surface area contributed by atoms with E-state index in [1.165, 1.54) is 12.1 Å². The summed E-state index contributed by atoms with van der Waals surface area (Å²) in [5.74, 6) is -1.32. The molecule has 8 nitrogen and oxygen atoms in total. The van der Waals surface area contributed by atoms with Gasteiger partial charge in [0.15, 0.2) is 11.5 Å². The molecule has 0 unspecified atom stereocenters. The topological polar surface area (TPSA) is 122 Å². The normalized spacial score (nSPS) is 21.8. The zero-order chi connectivity index (χ0) is 26.4. The van der Waals surface area contributed by atoms with Crippen LogP contribution >= 0.6 is 0 Å². The number of rotatable bonds is 6. The van der Waals surface area contributed by atoms with Crippen LogP contribution in [0.15, 0.2) is 18.2 Å². The fraction of sp³-hybridized carbons (Fsp3) is 0.560. The molecule has 0 aliphatic heterocycles. The fourth-order valence-corrected chi connectivity index (χ4v) is 5.44. The molecule has 11 heteroatoms. The van der Waals surface area contributed by atoms with Gasteiger partial charge in [-0.05, 0) is 55.7 Å². The summed E-state index contributed by atoms with van der Waals surface area (Å²) in [6.45, 7) is 3.58. The summed E-state index contributed by atoms with van der Waals surface area (Å²) in [5, 5.41) is 23.5. The van der Waals surface area contributed by atoms with Gasteiger partial charge in [0.2, 0.25) is 0 Å². The Kier molecular flexibility index (Phi) is 6.91. The molecule has 0 radical (unpaired) electrons. The molecule has 0 bridgehead atoms. The van der Waals surface area contributed by atoms with Crippen molar-refractivity contribution in [1.82, 2.24) is 9.78 Å². The molecule has 1 heterocycles. The zero-order valence-corrected chi connectivity index (χ0v) is 20.3. The van der Waals surface area contributed by atoms with E-state index < -0.39 is 40.6 Å². The minimum Gasteiger partial charge on any atom is -0.395 e. The molecule has 2 aromatic rings. The van der Waals surface area contributed by atoms with E-state index in [2.05, 4.69) is 5.10 Å². The van der Waals surface area contributed by atoms with Crippen LogP contribution in [0.3, 0.4) is 0 Å². The van der Waals surface area contributed by atoms with E-state index in [0.717, 1.165) is 4.68 Å². The molecule has 2 aliphatic rings. The van der Waals surface area contributed by atoms with E-state index in [1.54, 1.807) is 6.07 Å². The van der Waals surface area contributed by atoms with E-state index in [-0.39, 0.29) is 49.0 Å². The number of aliphatic hydroxyl groups excluding tert-OH is 2. The van der Waals surface area contributed by atoms with Gasteiger partial charge in [-0.15, -0.1) is 0 Å². The molecular formula is C25H31F3N4O4. The number of Topliss-reactive ketones (excluding diaryl/α,β-unsaturated/α-hetero) is 1. The first-order chi connectivity index (χ1) is 16.8. The number of carbonyl (C=O) groups is 2. The Morgan fingerprint density at radius 1 is 1.22 bits per heavy atom. The van der Waals surface area contributed by atoms with Crippen molar-refractivity contribution in [2.24, 2.45) is 11.1 Å². The Bertz CT molecular complexity index is 1170. The monoisotopic (exact) mass is 508 g/mol. The maximum Gasteiger partial charge on any atom is 0.435 e. The highest BCUT2D eigenvalue weighted by molar-refractivity contribution is 6.01. The zero-order valence-electron chi connectivity index (χ0n) is 20.3. The van der Waals surface area contributed by atoms with Gasteiger partial charge in [-0.1, -0.05) is 13.8 Å². The third-order valence-corrected chi connectivity index (χ3v) is 7.06. The van der Waals surface area contributed by atoms with Gasteiger partial charge in [0.05, 0.1) is 40.9 Å². The number of benzene rings is 1. The van der Waals surface area contributed by atoms with Crippen LogP contribution in [-0.4, -0.2) is 57.0 Å². The maximum atomic E-state index is 13.9. The summed E-state index contributed by atoms with van der Waals surface area (Å²) in [6.07, 6.45) is -2.70. The average Bonchev–Trinajstić information content (AvgIpc) is 3.17. The van der Waals surface area contributed by atoms with Crippen molar-refractivity contribution < 1.29 is 33.0 Å². The minimum absolute atomic E-state index is 0.0154. The molecule has 0 atom stereocenters. The predicted molar refractivity (Wildman–Crippen MR) is 126 cm³/mol. The lowest BCUT2D eigenvalue weighted by Crippen LogP contribution is -2.42. The van der Waals surface area contributed by atoms with Crippen molar-refractivity contribution in [3.63, 3.8) is 0 Å². The van der Waals surface area contributed by atoms with E-state index >= 15 is 0 Å². The second kappa shape index (κ2) is 9.51. The van der Waals surface area contributed by atoms with Crippen LogP contribution < -0.4 is 10.6 Å². The number of alkyl halides is 3. The summed E-state index contributed by atoms with van der Waals surface area (Å²) >= 11 is 0. The van der Waals surface area contributed by atoms with Crippen molar-refractivity contribution in [3.05, 3.63) is 40.7 Å². The number of ketones is 1. The Hall–Kier alpha value is -2.92. The van der Waals surface area contributed by atoms with Gasteiger partial charge in [-0.25, -0.2) is 4.68 Å². The standard InChI is InChI=1S/C25H31F3N4O4/c1-24(2)12-19-21(20(35)13-24)22(25(26,27)28)30-32(19)15-5-8-17(23(29)36)18(11-15)31(9-10-33)14-3-6-16(34)7-4-14/h5,8,11,14,16,33-34H,3-4,6-7,9-10,12-13H2,1-2H3,(H2,29,36)/t14-,16-. The number of carbonyl (C=O) groups excluding carboxylic acids is 2. The van der Waals surface area contributed by atoms with Crippen LogP contribution in [0.25, 0.3) is 5.69 Å². The van der Waals surface area contributed by atoms with Crippen molar-refractivity contribution in [1.29, 1.82) is 0 Å². The number of primary amides is 1. The summed E-state index contributed by atoms with van der Waals surface area (Å²) in [7, 11) is 0. The Balaban J connectivity index is 1.88. The Labute approximate surface area is 206 Å². The van der Waals surface area contributed by atoms with Gasteiger partial charge in [-0.3, -0.25) is 9.59 Å². The molecule has 1 saturated carbocycles. The summed E-state index contributed by atoms with van der Waals surface area (Å²) in [5.41, 5.74) is 4.42. The lowest BCUT2D eigenvalue weighted by atomic mass is 9.75. The molecule has 2 aliphatic carbocycles. The lowest BCUT2D eigenvalue weighted by Gasteiger charge is -2.38. The fourth-order valence-electron chi connectivity index (χ4n) is 5.44. The minimum atomic E-state index is -4.81. The third kappa shape index (κ3) is 4.99. The quantitative estimate of drug-likeness (QED) is 0.551. The summed E-state index contributed by atoms with van der Waals surface area (Å²) in [6, 6.07) is 4.34. The van der Waals surface area contributed by atoms with Crippen LogP contribution in [0.2, 0.25) is 0 Å². The van der Waals surface area contributed by atoms with Gasteiger partial charge in [0.1, 0.15) is 0 Å². The Morgan fingerprint density at radius 3 is 2.47 bits per heavy atom. The number of halogens is 3. The van der Waals surface area contributed by atoms with Crippen molar-refractivity contribution in [2.75, 3.05) is 18.1 Å².